The molecule has 1 fully saturated rings. The molecule has 3 rings (SSSR count). The average molecular weight is 368 g/mol. The molecule has 0 spiro atoms. The Balaban J connectivity index is 1.61. The second-order valence-electron chi connectivity index (χ2n) is 5.88. The maximum Gasteiger partial charge on any atom is 0.573 e. The zero-order chi connectivity index (χ0) is 18.7. The third-order valence-electron chi connectivity index (χ3n) is 4.10. The summed E-state index contributed by atoms with van der Waals surface area (Å²) in [6, 6.07) is 5.90. The van der Waals surface area contributed by atoms with E-state index in [-0.39, 0.29) is 5.75 Å². The molecule has 0 saturated carbocycles. The van der Waals surface area contributed by atoms with Gasteiger partial charge < -0.3 is 19.3 Å². The van der Waals surface area contributed by atoms with Crippen LogP contribution in [0, 0.1) is 6.92 Å². The first-order valence-electron chi connectivity index (χ1n) is 8.09. The third-order valence-corrected chi connectivity index (χ3v) is 4.10. The van der Waals surface area contributed by atoms with Gasteiger partial charge in [0.15, 0.2) is 0 Å². The molecule has 0 radical (unpaired) electrons. The molecule has 26 heavy (non-hydrogen) atoms. The van der Waals surface area contributed by atoms with E-state index in [1.54, 1.807) is 25.4 Å². The van der Waals surface area contributed by atoms with Crippen LogP contribution >= 0.6 is 0 Å². The lowest BCUT2D eigenvalue weighted by molar-refractivity contribution is -0.274. The van der Waals surface area contributed by atoms with Gasteiger partial charge in [-0.25, -0.2) is 4.98 Å². The number of aryl methyl sites for hydroxylation is 1. The maximum atomic E-state index is 12.2. The highest BCUT2D eigenvalue weighted by atomic mass is 19.4. The van der Waals surface area contributed by atoms with Crippen LogP contribution in [0.2, 0.25) is 0 Å². The number of halogens is 3. The summed E-state index contributed by atoms with van der Waals surface area (Å²) >= 11 is 0. The molecule has 0 aliphatic carbocycles. The summed E-state index contributed by atoms with van der Waals surface area (Å²) in [6.45, 7) is 4.70. The molecule has 0 unspecified atom stereocenters. The van der Waals surface area contributed by atoms with E-state index in [0.717, 1.165) is 11.3 Å². The topological polar surface area (TPSA) is 50.7 Å². The van der Waals surface area contributed by atoms with Gasteiger partial charge in [0.2, 0.25) is 11.8 Å². The monoisotopic (exact) mass is 368 g/mol. The van der Waals surface area contributed by atoms with E-state index in [1.165, 1.54) is 12.1 Å². The molecule has 1 aliphatic heterocycles. The molecule has 0 atom stereocenters. The third kappa shape index (κ3) is 4.27. The lowest BCUT2D eigenvalue weighted by Gasteiger charge is -2.36. The number of nitrogens with zero attached hydrogens (tertiary/aromatic N) is 4. The molecule has 1 aliphatic rings. The second-order valence-corrected chi connectivity index (χ2v) is 5.88. The van der Waals surface area contributed by atoms with E-state index < -0.39 is 6.36 Å². The van der Waals surface area contributed by atoms with Crippen LogP contribution in [0.4, 0.5) is 24.8 Å². The van der Waals surface area contributed by atoms with Crippen LogP contribution in [0.5, 0.6) is 11.6 Å². The number of benzene rings is 1. The first-order chi connectivity index (χ1) is 12.4. The summed E-state index contributed by atoms with van der Waals surface area (Å²) in [5.74, 6) is 0.943. The second kappa shape index (κ2) is 7.27. The summed E-state index contributed by atoms with van der Waals surface area (Å²) in [5, 5.41) is 0. The van der Waals surface area contributed by atoms with Crippen molar-refractivity contribution in [2.75, 3.05) is 43.1 Å². The van der Waals surface area contributed by atoms with Gasteiger partial charge in [0.25, 0.3) is 0 Å². The Morgan fingerprint density at radius 3 is 2.19 bits per heavy atom. The molecule has 6 nitrogen and oxygen atoms in total. The van der Waals surface area contributed by atoms with Gasteiger partial charge in [0.05, 0.1) is 7.11 Å². The Morgan fingerprint density at radius 2 is 1.62 bits per heavy atom. The van der Waals surface area contributed by atoms with Crippen molar-refractivity contribution in [1.29, 1.82) is 0 Å². The molecule has 0 amide bonds. The van der Waals surface area contributed by atoms with E-state index in [2.05, 4.69) is 24.5 Å². The SMILES string of the molecule is COc1nc(N2CCN(c3ccc(OC(F)(F)F)cc3)CC2)ncc1C. The fourth-order valence-electron chi connectivity index (χ4n) is 2.80. The van der Waals surface area contributed by atoms with Crippen LogP contribution in [-0.2, 0) is 0 Å². The minimum Gasteiger partial charge on any atom is -0.481 e. The lowest BCUT2D eigenvalue weighted by atomic mass is 10.2. The van der Waals surface area contributed by atoms with Crippen molar-refractivity contribution in [2.45, 2.75) is 13.3 Å². The predicted octanol–water partition coefficient (Wildman–Crippen LogP) is 3.02. The van der Waals surface area contributed by atoms with Crippen LogP contribution in [0.25, 0.3) is 0 Å². The normalized spacial score (nSPS) is 15.1. The van der Waals surface area contributed by atoms with Crippen molar-refractivity contribution in [2.24, 2.45) is 0 Å². The van der Waals surface area contributed by atoms with E-state index >= 15 is 0 Å². The van der Waals surface area contributed by atoms with E-state index in [1.807, 2.05) is 6.92 Å². The number of alkyl halides is 3. The van der Waals surface area contributed by atoms with Gasteiger partial charge in [-0.3, -0.25) is 0 Å². The van der Waals surface area contributed by atoms with E-state index in [0.29, 0.717) is 38.0 Å². The van der Waals surface area contributed by atoms with Crippen molar-refractivity contribution in [3.63, 3.8) is 0 Å². The number of anilines is 2. The molecule has 2 heterocycles. The fourth-order valence-corrected chi connectivity index (χ4v) is 2.80. The predicted molar refractivity (Wildman–Crippen MR) is 90.9 cm³/mol. The Hall–Kier alpha value is -2.71. The van der Waals surface area contributed by atoms with Gasteiger partial charge in [-0.2, -0.15) is 4.98 Å². The Morgan fingerprint density at radius 1 is 1.00 bits per heavy atom. The van der Waals surface area contributed by atoms with Crippen LogP contribution < -0.4 is 19.3 Å². The van der Waals surface area contributed by atoms with E-state index in [4.69, 9.17) is 4.74 Å². The molecular weight excluding hydrogens is 349 g/mol. The van der Waals surface area contributed by atoms with Gasteiger partial charge in [-0.1, -0.05) is 0 Å². The van der Waals surface area contributed by atoms with Crippen molar-refractivity contribution in [3.05, 3.63) is 36.0 Å². The number of piperazine rings is 1. The number of hydrogen-bond acceptors (Lipinski definition) is 6. The molecule has 2 aromatic rings. The Bertz CT molecular complexity index is 745. The molecule has 1 saturated heterocycles. The first kappa shape index (κ1) is 18.1. The van der Waals surface area contributed by atoms with Crippen molar-refractivity contribution < 1.29 is 22.6 Å². The largest absolute Gasteiger partial charge is 0.573 e. The van der Waals surface area contributed by atoms with Crippen molar-refractivity contribution in [1.82, 2.24) is 9.97 Å². The fraction of sp³-hybridized carbons (Fsp3) is 0.412. The van der Waals surface area contributed by atoms with Crippen LogP contribution in [0.15, 0.2) is 30.5 Å². The highest BCUT2D eigenvalue weighted by Gasteiger charge is 2.31. The summed E-state index contributed by atoms with van der Waals surface area (Å²) < 4.78 is 45.8. The number of rotatable bonds is 4. The van der Waals surface area contributed by atoms with Gasteiger partial charge >= 0.3 is 6.36 Å². The number of methoxy groups -OCH3 is 1. The van der Waals surface area contributed by atoms with Crippen LogP contribution in [0.3, 0.4) is 0 Å². The van der Waals surface area contributed by atoms with Gasteiger partial charge in [-0.15, -0.1) is 13.2 Å². The van der Waals surface area contributed by atoms with Gasteiger partial charge in [0, 0.05) is 43.6 Å². The summed E-state index contributed by atoms with van der Waals surface area (Å²) in [6.07, 6.45) is -2.95. The molecule has 9 heteroatoms. The highest BCUT2D eigenvalue weighted by Crippen LogP contribution is 2.26. The first-order valence-corrected chi connectivity index (χ1v) is 8.09. The smallest absolute Gasteiger partial charge is 0.481 e. The molecule has 0 bridgehead atoms. The Labute approximate surface area is 149 Å². The quantitative estimate of drug-likeness (QED) is 0.827. The molecule has 1 aromatic carbocycles. The summed E-state index contributed by atoms with van der Waals surface area (Å²) in [5.41, 5.74) is 1.72. The zero-order valence-electron chi connectivity index (χ0n) is 14.5. The van der Waals surface area contributed by atoms with Crippen LogP contribution in [0.1, 0.15) is 5.56 Å². The average Bonchev–Trinajstić information content (AvgIpc) is 2.62. The maximum absolute atomic E-state index is 12.2. The minimum atomic E-state index is -4.68. The molecular formula is C17H19F3N4O2. The standard InChI is InChI=1S/C17H19F3N4O2/c1-12-11-21-16(22-15(12)25-2)24-9-7-23(8-10-24)13-3-5-14(6-4-13)26-17(18,19)20/h3-6,11H,7-10H2,1-2H3. The minimum absolute atomic E-state index is 0.222. The summed E-state index contributed by atoms with van der Waals surface area (Å²) in [4.78, 5) is 12.9. The van der Waals surface area contributed by atoms with E-state index in [9.17, 15) is 13.2 Å². The lowest BCUT2D eigenvalue weighted by Crippen LogP contribution is -2.47. The molecule has 1 aromatic heterocycles. The number of hydrogen-bond donors (Lipinski definition) is 0. The van der Waals surface area contributed by atoms with Crippen LogP contribution in [-0.4, -0.2) is 49.6 Å². The van der Waals surface area contributed by atoms with Crippen molar-refractivity contribution in [3.8, 4) is 11.6 Å². The number of ether oxygens (including phenoxy) is 2. The molecule has 0 N–H and O–H groups in total. The number of aromatic nitrogens is 2. The Kier molecular flexibility index (Phi) is 5.06. The van der Waals surface area contributed by atoms with Crippen molar-refractivity contribution >= 4 is 11.6 Å². The van der Waals surface area contributed by atoms with Gasteiger partial charge in [-0.05, 0) is 31.2 Å². The highest BCUT2D eigenvalue weighted by molar-refractivity contribution is 5.51. The van der Waals surface area contributed by atoms with Gasteiger partial charge in [0.1, 0.15) is 5.75 Å². The summed E-state index contributed by atoms with van der Waals surface area (Å²) in [7, 11) is 1.57. The molecule has 140 valence electrons. The zero-order valence-corrected chi connectivity index (χ0v) is 14.5.